The van der Waals surface area contributed by atoms with Crippen molar-refractivity contribution in [3.63, 3.8) is 0 Å². The lowest BCUT2D eigenvalue weighted by molar-refractivity contribution is 0.555. The van der Waals surface area contributed by atoms with Gasteiger partial charge in [-0.1, -0.05) is 13.8 Å². The van der Waals surface area contributed by atoms with Gasteiger partial charge < -0.3 is 5.32 Å². The van der Waals surface area contributed by atoms with E-state index in [1.807, 2.05) is 18.2 Å². The molecule has 5 nitrogen and oxygen atoms in total. The van der Waals surface area contributed by atoms with Gasteiger partial charge in [0.15, 0.2) is 0 Å². The van der Waals surface area contributed by atoms with Gasteiger partial charge in [-0.15, -0.1) is 0 Å². The summed E-state index contributed by atoms with van der Waals surface area (Å²) in [7, 11) is 0. The number of anilines is 1. The lowest BCUT2D eigenvalue weighted by Crippen LogP contribution is -2.28. The van der Waals surface area contributed by atoms with Crippen LogP contribution in [0.2, 0.25) is 0 Å². The lowest BCUT2D eigenvalue weighted by atomic mass is 9.85. The summed E-state index contributed by atoms with van der Waals surface area (Å²) in [6, 6.07) is 7.64. The maximum atomic E-state index is 8.79. The molecule has 96 valence electrons. The summed E-state index contributed by atoms with van der Waals surface area (Å²) in [5.74, 6) is 0.661. The quantitative estimate of drug-likeness (QED) is 0.903. The third kappa shape index (κ3) is 3.26. The Kier molecular flexibility index (Phi) is 3.71. The number of nitrogens with one attached hydrogen (secondary N) is 1. The minimum Gasteiger partial charge on any atom is -0.369 e. The first kappa shape index (κ1) is 13.0. The van der Waals surface area contributed by atoms with Crippen LogP contribution in [0.1, 0.15) is 25.1 Å². The Morgan fingerprint density at radius 2 is 2.00 bits per heavy atom. The average Bonchev–Trinajstić information content (AvgIpc) is 2.46. The molecule has 2 heterocycles. The van der Waals surface area contributed by atoms with E-state index in [1.54, 1.807) is 18.5 Å². The standard InChI is InChI=1S/C14H15N5/c1-14(2,11-3-5-16-6-4-11)9-17-13-7-12(8-15)18-10-19-13/h3-7,10H,9H2,1-2H3,(H,17,18,19). The molecule has 0 saturated heterocycles. The SMILES string of the molecule is CC(C)(CNc1cc(C#N)ncn1)c1ccncc1. The molecule has 5 heteroatoms. The number of hydrogen-bond acceptors (Lipinski definition) is 5. The van der Waals surface area contributed by atoms with E-state index in [0.717, 1.165) is 0 Å². The van der Waals surface area contributed by atoms with Crippen LogP contribution in [-0.4, -0.2) is 21.5 Å². The Morgan fingerprint density at radius 3 is 2.68 bits per heavy atom. The zero-order valence-electron chi connectivity index (χ0n) is 11.0. The van der Waals surface area contributed by atoms with Gasteiger partial charge in [0.2, 0.25) is 0 Å². The summed E-state index contributed by atoms with van der Waals surface area (Å²) < 4.78 is 0. The van der Waals surface area contributed by atoms with Gasteiger partial charge in [0.05, 0.1) is 0 Å². The summed E-state index contributed by atoms with van der Waals surface area (Å²) in [5, 5.41) is 12.0. The molecule has 1 N–H and O–H groups in total. The summed E-state index contributed by atoms with van der Waals surface area (Å²) in [4.78, 5) is 12.0. The molecule has 0 unspecified atom stereocenters. The number of pyridine rings is 1. The molecule has 2 aromatic heterocycles. The smallest absolute Gasteiger partial charge is 0.145 e. The van der Waals surface area contributed by atoms with Crippen LogP contribution in [0.15, 0.2) is 36.9 Å². The second kappa shape index (κ2) is 5.44. The van der Waals surface area contributed by atoms with Gasteiger partial charge in [0.1, 0.15) is 23.9 Å². The molecule has 0 fully saturated rings. The van der Waals surface area contributed by atoms with E-state index in [1.165, 1.54) is 11.9 Å². The second-order valence-corrected chi connectivity index (χ2v) is 4.87. The molecule has 0 aromatic carbocycles. The van der Waals surface area contributed by atoms with Crippen molar-refractivity contribution in [3.05, 3.63) is 48.2 Å². The van der Waals surface area contributed by atoms with Gasteiger partial charge in [-0.05, 0) is 17.7 Å². The molecule has 2 aromatic rings. The molecule has 0 aliphatic heterocycles. The normalized spacial score (nSPS) is 10.8. The molecule has 0 aliphatic rings. The van der Waals surface area contributed by atoms with Crippen LogP contribution < -0.4 is 5.32 Å². The molecule has 2 rings (SSSR count). The molecule has 0 bridgehead atoms. The first-order valence-electron chi connectivity index (χ1n) is 5.98. The van der Waals surface area contributed by atoms with Crippen LogP contribution >= 0.6 is 0 Å². The highest BCUT2D eigenvalue weighted by Gasteiger charge is 2.20. The van der Waals surface area contributed by atoms with Crippen molar-refractivity contribution in [2.24, 2.45) is 0 Å². The first-order valence-corrected chi connectivity index (χ1v) is 5.98. The zero-order chi connectivity index (χ0) is 13.7. The minimum atomic E-state index is -0.0549. The van der Waals surface area contributed by atoms with Crippen molar-refractivity contribution in [1.82, 2.24) is 15.0 Å². The van der Waals surface area contributed by atoms with E-state index < -0.39 is 0 Å². The summed E-state index contributed by atoms with van der Waals surface area (Å²) in [5.41, 5.74) is 1.50. The van der Waals surface area contributed by atoms with E-state index in [4.69, 9.17) is 5.26 Å². The molecule has 0 spiro atoms. The van der Waals surface area contributed by atoms with Crippen molar-refractivity contribution in [2.75, 3.05) is 11.9 Å². The maximum absolute atomic E-state index is 8.79. The Labute approximate surface area is 112 Å². The van der Waals surface area contributed by atoms with Gasteiger partial charge >= 0.3 is 0 Å². The highest BCUT2D eigenvalue weighted by atomic mass is 15.0. The molecular weight excluding hydrogens is 238 g/mol. The van der Waals surface area contributed by atoms with E-state index in [2.05, 4.69) is 34.1 Å². The van der Waals surface area contributed by atoms with E-state index in [9.17, 15) is 0 Å². The molecule has 0 saturated carbocycles. The topological polar surface area (TPSA) is 74.5 Å². The van der Waals surface area contributed by atoms with Gasteiger partial charge in [-0.2, -0.15) is 5.26 Å². The predicted octanol–water partition coefficient (Wildman–Crippen LogP) is 2.13. The highest BCUT2D eigenvalue weighted by Crippen LogP contribution is 2.22. The molecule has 0 amide bonds. The van der Waals surface area contributed by atoms with Crippen LogP contribution in [0.25, 0.3) is 0 Å². The molecular formula is C14H15N5. The van der Waals surface area contributed by atoms with Gasteiger partial charge in [-0.3, -0.25) is 4.98 Å². The molecule has 0 radical (unpaired) electrons. The minimum absolute atomic E-state index is 0.0549. The summed E-state index contributed by atoms with van der Waals surface area (Å²) in [6.07, 6.45) is 4.96. The Hall–Kier alpha value is -2.48. The monoisotopic (exact) mass is 253 g/mol. The predicted molar refractivity (Wildman–Crippen MR) is 72.5 cm³/mol. The van der Waals surface area contributed by atoms with Crippen LogP contribution in [0.4, 0.5) is 5.82 Å². The Balaban J connectivity index is 2.07. The van der Waals surface area contributed by atoms with Crippen LogP contribution in [0, 0.1) is 11.3 Å². The number of nitrogens with zero attached hydrogens (tertiary/aromatic N) is 4. The molecule has 0 atom stereocenters. The fourth-order valence-electron chi connectivity index (χ4n) is 1.73. The van der Waals surface area contributed by atoms with Crippen molar-refractivity contribution >= 4 is 5.82 Å². The average molecular weight is 253 g/mol. The van der Waals surface area contributed by atoms with Gasteiger partial charge in [-0.25, -0.2) is 9.97 Å². The van der Waals surface area contributed by atoms with E-state index in [0.29, 0.717) is 18.1 Å². The number of nitriles is 1. The van der Waals surface area contributed by atoms with Crippen molar-refractivity contribution in [1.29, 1.82) is 5.26 Å². The maximum Gasteiger partial charge on any atom is 0.145 e. The fourth-order valence-corrected chi connectivity index (χ4v) is 1.73. The third-order valence-corrected chi connectivity index (χ3v) is 2.95. The lowest BCUT2D eigenvalue weighted by Gasteiger charge is -2.25. The summed E-state index contributed by atoms with van der Waals surface area (Å²) >= 11 is 0. The van der Waals surface area contributed by atoms with Crippen LogP contribution in [0.5, 0.6) is 0 Å². The van der Waals surface area contributed by atoms with Crippen molar-refractivity contribution in [2.45, 2.75) is 19.3 Å². The molecule has 19 heavy (non-hydrogen) atoms. The summed E-state index contributed by atoms with van der Waals surface area (Å²) in [6.45, 7) is 4.99. The highest BCUT2D eigenvalue weighted by molar-refractivity contribution is 5.39. The van der Waals surface area contributed by atoms with Gasteiger partial charge in [0.25, 0.3) is 0 Å². The first-order chi connectivity index (χ1) is 9.12. The molecule has 0 aliphatic carbocycles. The number of rotatable bonds is 4. The Morgan fingerprint density at radius 1 is 1.26 bits per heavy atom. The number of hydrogen-bond donors (Lipinski definition) is 1. The fraction of sp³-hybridized carbons (Fsp3) is 0.286. The van der Waals surface area contributed by atoms with Crippen LogP contribution in [0.3, 0.4) is 0 Å². The largest absolute Gasteiger partial charge is 0.369 e. The van der Waals surface area contributed by atoms with E-state index in [-0.39, 0.29) is 5.41 Å². The number of aromatic nitrogens is 3. The third-order valence-electron chi connectivity index (χ3n) is 2.95. The Bertz CT molecular complexity index is 586. The van der Waals surface area contributed by atoms with Crippen molar-refractivity contribution < 1.29 is 0 Å². The van der Waals surface area contributed by atoms with Crippen LogP contribution in [-0.2, 0) is 5.41 Å². The van der Waals surface area contributed by atoms with Crippen molar-refractivity contribution in [3.8, 4) is 6.07 Å². The van der Waals surface area contributed by atoms with E-state index >= 15 is 0 Å². The second-order valence-electron chi connectivity index (χ2n) is 4.87. The van der Waals surface area contributed by atoms with Gasteiger partial charge in [0, 0.05) is 30.4 Å². The zero-order valence-corrected chi connectivity index (χ0v) is 11.0.